The largest absolute Gasteiger partial charge is 0.396 e. The van der Waals surface area contributed by atoms with E-state index < -0.39 is 6.43 Å². The molecule has 2 N–H and O–H groups in total. The molecule has 0 spiro atoms. The lowest BCUT2D eigenvalue weighted by Crippen LogP contribution is -2.00. The first-order chi connectivity index (χ1) is 6.07. The van der Waals surface area contributed by atoms with E-state index >= 15 is 0 Å². The average molecular weight is 316 g/mol. The molecule has 0 amide bonds. The summed E-state index contributed by atoms with van der Waals surface area (Å²) >= 11 is 6.16. The van der Waals surface area contributed by atoms with Crippen molar-refractivity contribution in [2.24, 2.45) is 0 Å². The van der Waals surface area contributed by atoms with E-state index in [4.69, 9.17) is 5.73 Å². The van der Waals surface area contributed by atoms with E-state index in [0.29, 0.717) is 11.0 Å². The number of nitrogens with two attached hydrogens (primary N) is 1. The number of nitrogen functional groups attached to an aromatic ring is 1. The smallest absolute Gasteiger partial charge is 0.266 e. The van der Waals surface area contributed by atoms with Gasteiger partial charge in [0.05, 0.1) is 21.4 Å². The molecular formula is C7H6Br2F2N2. The lowest BCUT2D eigenvalue weighted by atomic mass is 10.2. The summed E-state index contributed by atoms with van der Waals surface area (Å²) in [6.07, 6.45) is -1.43. The quantitative estimate of drug-likeness (QED) is 0.851. The van der Waals surface area contributed by atoms with Gasteiger partial charge in [0.2, 0.25) is 0 Å². The van der Waals surface area contributed by atoms with Gasteiger partial charge in [-0.1, -0.05) is 15.9 Å². The van der Waals surface area contributed by atoms with Crippen molar-refractivity contribution < 1.29 is 8.78 Å². The Morgan fingerprint density at radius 1 is 1.54 bits per heavy atom. The molecule has 13 heavy (non-hydrogen) atoms. The molecule has 2 nitrogen and oxygen atoms in total. The molecule has 0 fully saturated rings. The zero-order valence-electron chi connectivity index (χ0n) is 6.40. The van der Waals surface area contributed by atoms with Crippen molar-refractivity contribution in [2.45, 2.75) is 11.8 Å². The molecule has 0 atom stereocenters. The number of anilines is 1. The van der Waals surface area contributed by atoms with Crippen molar-refractivity contribution in [3.8, 4) is 0 Å². The maximum Gasteiger partial charge on any atom is 0.266 e. The lowest BCUT2D eigenvalue weighted by Gasteiger charge is -2.08. The zero-order valence-corrected chi connectivity index (χ0v) is 9.57. The Balaban J connectivity index is 3.23. The first-order valence-electron chi connectivity index (χ1n) is 3.34. The lowest BCUT2D eigenvalue weighted by molar-refractivity contribution is 0.150. The van der Waals surface area contributed by atoms with Gasteiger partial charge in [0.1, 0.15) is 0 Å². The van der Waals surface area contributed by atoms with E-state index in [0.717, 1.165) is 6.20 Å². The molecule has 0 aliphatic rings. The number of nitrogens with zero attached hydrogens (tertiary/aromatic N) is 1. The van der Waals surface area contributed by atoms with Gasteiger partial charge < -0.3 is 5.73 Å². The molecule has 0 radical (unpaired) electrons. The van der Waals surface area contributed by atoms with E-state index in [2.05, 4.69) is 36.8 Å². The van der Waals surface area contributed by atoms with Crippen LogP contribution in [0, 0.1) is 0 Å². The number of aromatic nitrogens is 1. The first-order valence-corrected chi connectivity index (χ1v) is 5.26. The van der Waals surface area contributed by atoms with E-state index in [1.54, 1.807) is 0 Å². The van der Waals surface area contributed by atoms with Gasteiger partial charge in [-0.3, -0.25) is 4.98 Å². The molecule has 0 aliphatic heterocycles. The highest BCUT2D eigenvalue weighted by Gasteiger charge is 2.16. The van der Waals surface area contributed by atoms with Crippen LogP contribution < -0.4 is 5.73 Å². The minimum absolute atomic E-state index is 0.179. The van der Waals surface area contributed by atoms with E-state index in [9.17, 15) is 8.78 Å². The van der Waals surface area contributed by atoms with Gasteiger partial charge in [0, 0.05) is 11.5 Å². The normalized spacial score (nSPS) is 10.8. The zero-order chi connectivity index (χ0) is 10.0. The summed E-state index contributed by atoms with van der Waals surface area (Å²) in [6, 6.07) is 0. The predicted octanol–water partition coefficient (Wildman–Crippen LogP) is 3.26. The van der Waals surface area contributed by atoms with Crippen LogP contribution in [0.15, 0.2) is 10.7 Å². The van der Waals surface area contributed by atoms with Gasteiger partial charge in [-0.05, 0) is 15.9 Å². The summed E-state index contributed by atoms with van der Waals surface area (Å²) < 4.78 is 24.8. The third-order valence-electron chi connectivity index (χ3n) is 1.52. The fourth-order valence-electron chi connectivity index (χ4n) is 0.814. The summed E-state index contributed by atoms with van der Waals surface area (Å²) in [7, 11) is 0. The van der Waals surface area contributed by atoms with Crippen LogP contribution in [-0.2, 0) is 5.33 Å². The van der Waals surface area contributed by atoms with E-state index in [1.165, 1.54) is 0 Å². The molecule has 1 aromatic rings. The SMILES string of the molecule is Nc1c(CBr)ncc(C(F)F)c1Br. The summed E-state index contributed by atoms with van der Waals surface area (Å²) in [4.78, 5) is 3.80. The number of hydrogen-bond acceptors (Lipinski definition) is 2. The van der Waals surface area contributed by atoms with Crippen LogP contribution in [0.2, 0.25) is 0 Å². The summed E-state index contributed by atoms with van der Waals surface area (Å²) in [6.45, 7) is 0. The number of halogens is 4. The number of rotatable bonds is 2. The van der Waals surface area contributed by atoms with Crippen molar-refractivity contribution in [3.05, 3.63) is 21.9 Å². The molecule has 0 aliphatic carbocycles. The first kappa shape index (κ1) is 10.8. The molecule has 1 heterocycles. The maximum absolute atomic E-state index is 12.3. The molecule has 6 heteroatoms. The van der Waals surface area contributed by atoms with Crippen LogP contribution in [0.4, 0.5) is 14.5 Å². The second kappa shape index (κ2) is 4.32. The Morgan fingerprint density at radius 2 is 2.15 bits per heavy atom. The molecule has 0 saturated heterocycles. The van der Waals surface area contributed by atoms with Crippen molar-refractivity contribution in [2.75, 3.05) is 5.73 Å². The second-order valence-electron chi connectivity index (χ2n) is 2.32. The Morgan fingerprint density at radius 3 is 2.62 bits per heavy atom. The van der Waals surface area contributed by atoms with Crippen LogP contribution in [0.3, 0.4) is 0 Å². The van der Waals surface area contributed by atoms with Crippen LogP contribution in [0.25, 0.3) is 0 Å². The van der Waals surface area contributed by atoms with Gasteiger partial charge >= 0.3 is 0 Å². The van der Waals surface area contributed by atoms with E-state index in [-0.39, 0.29) is 15.7 Å². The van der Waals surface area contributed by atoms with Gasteiger partial charge in [-0.25, -0.2) is 8.78 Å². The Hall–Kier alpha value is -0.230. The molecule has 1 rings (SSSR count). The average Bonchev–Trinajstić information content (AvgIpc) is 2.09. The van der Waals surface area contributed by atoms with Gasteiger partial charge in [-0.15, -0.1) is 0 Å². The number of alkyl halides is 3. The Kier molecular flexibility index (Phi) is 3.61. The highest BCUT2D eigenvalue weighted by atomic mass is 79.9. The molecule has 0 bridgehead atoms. The fraction of sp³-hybridized carbons (Fsp3) is 0.286. The summed E-state index contributed by atoms with van der Waals surface area (Å²) in [5.74, 6) is 0. The van der Waals surface area contributed by atoms with Crippen molar-refractivity contribution in [3.63, 3.8) is 0 Å². The molecule has 0 aromatic carbocycles. The monoisotopic (exact) mass is 314 g/mol. The predicted molar refractivity (Wildman–Crippen MR) is 53.9 cm³/mol. The molecular weight excluding hydrogens is 310 g/mol. The van der Waals surface area contributed by atoms with Crippen molar-refractivity contribution in [1.82, 2.24) is 4.98 Å². The second-order valence-corrected chi connectivity index (χ2v) is 3.68. The topological polar surface area (TPSA) is 38.9 Å². The summed E-state index contributed by atoms with van der Waals surface area (Å²) in [5.41, 5.74) is 6.19. The Bertz CT molecular complexity index is 318. The summed E-state index contributed by atoms with van der Waals surface area (Å²) in [5, 5.41) is 0.445. The van der Waals surface area contributed by atoms with Gasteiger partial charge in [-0.2, -0.15) is 0 Å². The maximum atomic E-state index is 12.3. The highest BCUT2D eigenvalue weighted by molar-refractivity contribution is 9.10. The molecule has 0 unspecified atom stereocenters. The van der Waals surface area contributed by atoms with E-state index in [1.807, 2.05) is 0 Å². The molecule has 1 aromatic heterocycles. The third-order valence-corrected chi connectivity index (χ3v) is 2.94. The highest BCUT2D eigenvalue weighted by Crippen LogP contribution is 2.32. The standard InChI is InChI=1S/C7H6Br2F2N2/c8-1-4-6(12)5(9)3(2-13-4)7(10)11/h2,7H,1,12H2. The third kappa shape index (κ3) is 2.17. The van der Waals surface area contributed by atoms with Crippen molar-refractivity contribution in [1.29, 1.82) is 0 Å². The minimum Gasteiger partial charge on any atom is -0.396 e. The van der Waals surface area contributed by atoms with Crippen LogP contribution in [0.1, 0.15) is 17.7 Å². The minimum atomic E-state index is -2.56. The number of pyridine rings is 1. The Labute approximate surface area is 90.8 Å². The van der Waals surface area contributed by atoms with Gasteiger partial charge in [0.25, 0.3) is 6.43 Å². The number of hydrogen-bond donors (Lipinski definition) is 1. The van der Waals surface area contributed by atoms with Crippen molar-refractivity contribution >= 4 is 37.5 Å². The molecule has 0 saturated carbocycles. The van der Waals surface area contributed by atoms with Crippen LogP contribution in [0.5, 0.6) is 0 Å². The van der Waals surface area contributed by atoms with Crippen LogP contribution in [-0.4, -0.2) is 4.98 Å². The fourth-order valence-corrected chi connectivity index (χ4v) is 1.77. The van der Waals surface area contributed by atoms with Gasteiger partial charge in [0.15, 0.2) is 0 Å². The van der Waals surface area contributed by atoms with Crippen LogP contribution >= 0.6 is 31.9 Å². The molecule has 72 valence electrons.